The number of pyridine rings is 1. The van der Waals surface area contributed by atoms with E-state index in [1.54, 1.807) is 0 Å². The van der Waals surface area contributed by atoms with Crippen molar-refractivity contribution < 1.29 is 4.57 Å². The summed E-state index contributed by atoms with van der Waals surface area (Å²) in [4.78, 5) is 4.93. The molecule has 4 nitrogen and oxygen atoms in total. The average Bonchev–Trinajstić information content (AvgIpc) is 3.65. The summed E-state index contributed by atoms with van der Waals surface area (Å²) in [5, 5.41) is 2.46. The number of imidazole rings is 1. The Morgan fingerprint density at radius 2 is 1.38 bits per heavy atom. The fraction of sp³-hybridized carbons (Fsp3) is 0.163. The van der Waals surface area contributed by atoms with E-state index >= 15 is 0 Å². The van der Waals surface area contributed by atoms with E-state index in [1.165, 1.54) is 55.3 Å². The molecular formula is C43H39N4+. The van der Waals surface area contributed by atoms with Crippen molar-refractivity contribution in [3.05, 3.63) is 157 Å². The zero-order valence-corrected chi connectivity index (χ0v) is 27.6. The summed E-state index contributed by atoms with van der Waals surface area (Å²) >= 11 is 0. The largest absolute Gasteiger partial charge is 0.294 e. The van der Waals surface area contributed by atoms with Crippen molar-refractivity contribution in [2.75, 3.05) is 0 Å². The molecule has 0 bridgehead atoms. The van der Waals surface area contributed by atoms with Crippen LogP contribution in [0.1, 0.15) is 50.4 Å². The number of nitrogens with zero attached hydrogens (tertiary/aromatic N) is 4. The van der Waals surface area contributed by atoms with Gasteiger partial charge in [-0.1, -0.05) is 92.7 Å². The van der Waals surface area contributed by atoms with E-state index in [2.05, 4.69) is 182 Å². The average molecular weight is 612 g/mol. The van der Waals surface area contributed by atoms with Crippen molar-refractivity contribution in [3.8, 4) is 22.6 Å². The topological polar surface area (TPSA) is 26.6 Å². The first kappa shape index (κ1) is 29.0. The number of para-hydroxylation sites is 3. The third-order valence-electron chi connectivity index (χ3n) is 9.89. The number of aryl methyl sites for hydroxylation is 1. The predicted molar refractivity (Wildman–Crippen MR) is 195 cm³/mol. The van der Waals surface area contributed by atoms with Crippen molar-refractivity contribution in [2.45, 2.75) is 46.1 Å². The van der Waals surface area contributed by atoms with Crippen molar-refractivity contribution in [1.82, 2.24) is 14.1 Å². The molecule has 0 aliphatic heterocycles. The third kappa shape index (κ3) is 4.75. The zero-order chi connectivity index (χ0) is 32.3. The number of fused-ring (bicyclic) bond motifs is 4. The van der Waals surface area contributed by atoms with Gasteiger partial charge in [-0.05, 0) is 97.1 Å². The molecule has 0 saturated carbocycles. The highest BCUT2D eigenvalue weighted by atomic mass is 15.1. The van der Waals surface area contributed by atoms with Crippen molar-refractivity contribution in [3.63, 3.8) is 0 Å². The Labute approximate surface area is 276 Å². The fourth-order valence-corrected chi connectivity index (χ4v) is 7.17. The molecule has 0 spiro atoms. The number of benzene rings is 5. The lowest BCUT2D eigenvalue weighted by molar-refractivity contribution is -0.691. The molecule has 8 rings (SSSR count). The van der Waals surface area contributed by atoms with Crippen molar-refractivity contribution in [1.29, 1.82) is 0 Å². The zero-order valence-electron chi connectivity index (χ0n) is 27.6. The van der Waals surface area contributed by atoms with Crippen LogP contribution in [0.2, 0.25) is 0 Å². The standard InChI is InChI=1S/C43H39N4/c1-29(2)45-28-46(40-20-11-10-19-39(40)45)34-15-12-14-32(26-34)43(4,5)33-21-22-37-36-17-8-9-18-38(36)47(41(37)27-33)42-25-31(23-24-44-42)35-16-7-6-13-30(35)3/h6-29H,1-5H3/q+1. The highest BCUT2D eigenvalue weighted by Gasteiger charge is 2.27. The molecule has 0 saturated heterocycles. The quantitative estimate of drug-likeness (QED) is 0.172. The second-order valence-electron chi connectivity index (χ2n) is 13.5. The van der Waals surface area contributed by atoms with E-state index in [4.69, 9.17) is 4.98 Å². The number of aromatic nitrogens is 4. The highest BCUT2D eigenvalue weighted by Crippen LogP contribution is 2.38. The molecule has 0 fully saturated rings. The Hall–Kier alpha value is -5.48. The molecular weight excluding hydrogens is 573 g/mol. The summed E-state index contributed by atoms with van der Waals surface area (Å²) in [6.07, 6.45) is 4.18. The Morgan fingerprint density at radius 1 is 0.660 bits per heavy atom. The van der Waals surface area contributed by atoms with E-state index in [-0.39, 0.29) is 5.41 Å². The maximum absolute atomic E-state index is 4.93. The van der Waals surface area contributed by atoms with Gasteiger partial charge in [0, 0.05) is 22.4 Å². The van der Waals surface area contributed by atoms with Gasteiger partial charge in [-0.25, -0.2) is 9.55 Å². The monoisotopic (exact) mass is 611 g/mol. The van der Waals surface area contributed by atoms with Crippen LogP contribution >= 0.6 is 0 Å². The third-order valence-corrected chi connectivity index (χ3v) is 9.89. The van der Waals surface area contributed by atoms with E-state index in [1.807, 2.05) is 6.20 Å². The summed E-state index contributed by atoms with van der Waals surface area (Å²) in [5.74, 6) is 0.923. The summed E-state index contributed by atoms with van der Waals surface area (Å²) < 4.78 is 7.00. The molecule has 5 aromatic carbocycles. The molecule has 0 N–H and O–H groups in total. The highest BCUT2D eigenvalue weighted by molar-refractivity contribution is 6.09. The van der Waals surface area contributed by atoms with Gasteiger partial charge in [-0.2, -0.15) is 4.57 Å². The first-order chi connectivity index (χ1) is 22.8. The summed E-state index contributed by atoms with van der Waals surface area (Å²) in [6.45, 7) is 11.3. The van der Waals surface area contributed by atoms with Crippen molar-refractivity contribution >= 4 is 32.8 Å². The molecule has 230 valence electrons. The second kappa shape index (κ2) is 11.1. The molecule has 0 atom stereocenters. The summed E-state index contributed by atoms with van der Waals surface area (Å²) in [5.41, 5.74) is 11.9. The van der Waals surface area contributed by atoms with Crippen LogP contribution < -0.4 is 4.57 Å². The molecule has 3 aromatic heterocycles. The van der Waals surface area contributed by atoms with Crippen LogP contribution in [0.15, 0.2) is 140 Å². The fourth-order valence-electron chi connectivity index (χ4n) is 7.17. The van der Waals surface area contributed by atoms with E-state index in [9.17, 15) is 0 Å². The van der Waals surface area contributed by atoms with Crippen LogP contribution in [0.25, 0.3) is 55.5 Å². The van der Waals surface area contributed by atoms with Gasteiger partial charge < -0.3 is 0 Å². The van der Waals surface area contributed by atoms with Crippen LogP contribution in [-0.4, -0.2) is 14.1 Å². The maximum Gasteiger partial charge on any atom is 0.250 e. The minimum Gasteiger partial charge on any atom is -0.294 e. The number of hydrogen-bond donors (Lipinski definition) is 0. The molecule has 47 heavy (non-hydrogen) atoms. The van der Waals surface area contributed by atoms with Gasteiger partial charge in [0.25, 0.3) is 0 Å². The Balaban J connectivity index is 1.27. The van der Waals surface area contributed by atoms with Gasteiger partial charge in [0.2, 0.25) is 6.33 Å². The first-order valence-electron chi connectivity index (χ1n) is 16.5. The molecule has 0 unspecified atom stereocenters. The van der Waals surface area contributed by atoms with E-state index in [0.717, 1.165) is 16.9 Å². The molecule has 0 radical (unpaired) electrons. The van der Waals surface area contributed by atoms with Crippen molar-refractivity contribution in [2.24, 2.45) is 0 Å². The predicted octanol–water partition coefficient (Wildman–Crippen LogP) is 10.3. The number of rotatable bonds is 6. The lowest BCUT2D eigenvalue weighted by atomic mass is 9.77. The van der Waals surface area contributed by atoms with E-state index in [0.29, 0.717) is 6.04 Å². The van der Waals surface area contributed by atoms with Gasteiger partial charge in [-0.15, -0.1) is 0 Å². The number of hydrogen-bond acceptors (Lipinski definition) is 1. The molecule has 0 amide bonds. The van der Waals surface area contributed by atoms with Gasteiger partial charge in [0.05, 0.1) is 17.1 Å². The normalized spacial score (nSPS) is 12.1. The minimum absolute atomic E-state index is 0.251. The molecule has 0 aliphatic carbocycles. The molecule has 8 aromatic rings. The van der Waals surface area contributed by atoms with Gasteiger partial charge in [0.15, 0.2) is 11.0 Å². The maximum atomic E-state index is 4.93. The lowest BCUT2D eigenvalue weighted by Crippen LogP contribution is -2.34. The van der Waals surface area contributed by atoms with Crippen LogP contribution in [0.4, 0.5) is 0 Å². The summed E-state index contributed by atoms with van der Waals surface area (Å²) in [6, 6.07) is 46.6. The van der Waals surface area contributed by atoms with Gasteiger partial charge in [0.1, 0.15) is 11.5 Å². The van der Waals surface area contributed by atoms with Crippen LogP contribution in [0.5, 0.6) is 0 Å². The van der Waals surface area contributed by atoms with Gasteiger partial charge in [-0.3, -0.25) is 4.57 Å². The second-order valence-corrected chi connectivity index (χ2v) is 13.5. The summed E-state index contributed by atoms with van der Waals surface area (Å²) in [7, 11) is 0. The first-order valence-corrected chi connectivity index (χ1v) is 16.5. The van der Waals surface area contributed by atoms with E-state index < -0.39 is 0 Å². The van der Waals surface area contributed by atoms with Crippen LogP contribution in [0.3, 0.4) is 0 Å². The Bertz CT molecular complexity index is 2440. The van der Waals surface area contributed by atoms with Crippen LogP contribution in [-0.2, 0) is 5.41 Å². The van der Waals surface area contributed by atoms with Crippen LogP contribution in [0, 0.1) is 6.92 Å². The lowest BCUT2D eigenvalue weighted by Gasteiger charge is -2.26. The minimum atomic E-state index is -0.251. The molecule has 4 heteroatoms. The Morgan fingerprint density at radius 3 is 2.21 bits per heavy atom. The smallest absolute Gasteiger partial charge is 0.250 e. The Kier molecular flexibility index (Phi) is 6.84. The SMILES string of the molecule is Cc1ccccc1-c1ccnc(-n2c3ccccc3c3ccc(C(C)(C)c4cccc(-n5c[n+](C(C)C)c6ccccc65)c4)cc32)c1. The molecule has 3 heterocycles. The molecule has 0 aliphatic rings. The van der Waals surface area contributed by atoms with Gasteiger partial charge >= 0.3 is 0 Å².